The molecule has 2 aliphatic rings. The molecule has 5 rings (SSSR count). The number of ether oxygens (including phenoxy) is 2. The number of carbonyl (C=O) groups is 1. The molecule has 1 aromatic carbocycles. The fourth-order valence-corrected chi connectivity index (χ4v) is 3.78. The second kappa shape index (κ2) is 7.73. The second-order valence-corrected chi connectivity index (χ2v) is 7.37. The maximum Gasteiger partial charge on any atom is 0.238 e. The van der Waals surface area contributed by atoms with E-state index in [1.54, 1.807) is 6.07 Å². The average molecular weight is 393 g/mol. The van der Waals surface area contributed by atoms with Crippen LogP contribution in [0.3, 0.4) is 0 Å². The summed E-state index contributed by atoms with van der Waals surface area (Å²) in [5.41, 5.74) is 2.77. The topological polar surface area (TPSA) is 71.3 Å². The van der Waals surface area contributed by atoms with Gasteiger partial charge < -0.3 is 19.2 Å². The van der Waals surface area contributed by atoms with Crippen molar-refractivity contribution < 1.29 is 14.3 Å². The second-order valence-electron chi connectivity index (χ2n) is 7.37. The van der Waals surface area contributed by atoms with Crippen molar-refractivity contribution in [2.75, 3.05) is 44.8 Å². The lowest BCUT2D eigenvalue weighted by Gasteiger charge is -2.33. The zero-order valence-corrected chi connectivity index (χ0v) is 16.1. The summed E-state index contributed by atoms with van der Waals surface area (Å²) < 4.78 is 12.7. The first kappa shape index (κ1) is 18.0. The van der Waals surface area contributed by atoms with Crippen LogP contribution in [0.1, 0.15) is 5.69 Å². The number of hydrogen-bond acceptors (Lipinski definition) is 6. The number of nitrogens with zero attached hydrogens (tertiary/aromatic N) is 4. The fourth-order valence-electron chi connectivity index (χ4n) is 3.78. The van der Waals surface area contributed by atoms with E-state index in [0.29, 0.717) is 18.0 Å². The summed E-state index contributed by atoms with van der Waals surface area (Å²) in [4.78, 5) is 21.6. The van der Waals surface area contributed by atoms with Crippen LogP contribution in [0.25, 0.3) is 5.65 Å². The van der Waals surface area contributed by atoms with Crippen LogP contribution in [0.15, 0.2) is 48.8 Å². The number of hydrogen-bond donors (Lipinski definition) is 1. The van der Waals surface area contributed by atoms with Gasteiger partial charge in [-0.3, -0.25) is 14.6 Å². The van der Waals surface area contributed by atoms with E-state index in [4.69, 9.17) is 9.47 Å². The molecule has 0 unspecified atom stereocenters. The van der Waals surface area contributed by atoms with Gasteiger partial charge in [0, 0.05) is 56.9 Å². The van der Waals surface area contributed by atoms with E-state index < -0.39 is 0 Å². The number of rotatable bonds is 5. The van der Waals surface area contributed by atoms with E-state index in [1.807, 2.05) is 40.9 Å². The minimum absolute atomic E-state index is 0.0160. The standard InChI is InChI=1S/C21H23N5O3/c27-21(23-16-4-5-18-19(11-16)29-15-28-18)14-25-9-7-24(8-10-25)12-17-13-26-6-2-1-3-20(26)22-17/h1-6,11,13H,7-10,12,14-15H2,(H,23,27). The molecule has 0 radical (unpaired) electrons. The van der Waals surface area contributed by atoms with E-state index in [0.717, 1.165) is 49.8 Å². The molecule has 0 aliphatic carbocycles. The fraction of sp³-hybridized carbons (Fsp3) is 0.333. The first-order valence-corrected chi connectivity index (χ1v) is 9.80. The van der Waals surface area contributed by atoms with Crippen molar-refractivity contribution in [3.63, 3.8) is 0 Å². The van der Waals surface area contributed by atoms with Gasteiger partial charge in [-0.15, -0.1) is 0 Å². The molecule has 29 heavy (non-hydrogen) atoms. The largest absolute Gasteiger partial charge is 0.454 e. The number of piperazine rings is 1. The maximum atomic E-state index is 12.4. The third-order valence-corrected chi connectivity index (χ3v) is 5.29. The third-order valence-electron chi connectivity index (χ3n) is 5.29. The number of aromatic nitrogens is 2. The van der Waals surface area contributed by atoms with Crippen LogP contribution in [0.2, 0.25) is 0 Å². The lowest BCUT2D eigenvalue weighted by Crippen LogP contribution is -2.48. The molecule has 0 atom stereocenters. The number of imidazole rings is 1. The first-order chi connectivity index (χ1) is 14.2. The highest BCUT2D eigenvalue weighted by molar-refractivity contribution is 5.92. The van der Waals surface area contributed by atoms with Crippen LogP contribution in [0, 0.1) is 0 Å². The molecular weight excluding hydrogens is 370 g/mol. The highest BCUT2D eigenvalue weighted by Gasteiger charge is 2.20. The van der Waals surface area contributed by atoms with Gasteiger partial charge in [-0.2, -0.15) is 0 Å². The van der Waals surface area contributed by atoms with E-state index in [-0.39, 0.29) is 12.7 Å². The smallest absolute Gasteiger partial charge is 0.238 e. The number of benzene rings is 1. The Hall–Kier alpha value is -3.10. The molecule has 1 amide bonds. The van der Waals surface area contributed by atoms with Crippen molar-refractivity contribution in [1.82, 2.24) is 19.2 Å². The Bertz CT molecular complexity index is 993. The number of amides is 1. The lowest BCUT2D eigenvalue weighted by atomic mass is 10.2. The van der Waals surface area contributed by atoms with Crippen molar-refractivity contribution in [3.8, 4) is 11.5 Å². The van der Waals surface area contributed by atoms with Crippen LogP contribution in [0.5, 0.6) is 11.5 Å². The van der Waals surface area contributed by atoms with Crippen LogP contribution in [-0.4, -0.2) is 64.6 Å². The van der Waals surface area contributed by atoms with Gasteiger partial charge in [-0.1, -0.05) is 6.07 Å². The zero-order valence-electron chi connectivity index (χ0n) is 16.1. The summed E-state index contributed by atoms with van der Waals surface area (Å²) >= 11 is 0. The molecule has 0 spiro atoms. The number of anilines is 1. The monoisotopic (exact) mass is 393 g/mol. The summed E-state index contributed by atoms with van der Waals surface area (Å²) in [7, 11) is 0. The molecule has 0 saturated carbocycles. The van der Waals surface area contributed by atoms with Gasteiger partial charge >= 0.3 is 0 Å². The van der Waals surface area contributed by atoms with Gasteiger partial charge in [0.05, 0.1) is 12.2 Å². The van der Waals surface area contributed by atoms with Crippen molar-refractivity contribution in [1.29, 1.82) is 0 Å². The molecule has 1 saturated heterocycles. The summed E-state index contributed by atoms with van der Waals surface area (Å²) in [6.45, 7) is 5.02. The van der Waals surface area contributed by atoms with Gasteiger partial charge in [0.15, 0.2) is 11.5 Å². The predicted octanol–water partition coefficient (Wildman–Crippen LogP) is 1.82. The Morgan fingerprint density at radius 2 is 1.86 bits per heavy atom. The molecule has 2 aliphatic heterocycles. The maximum absolute atomic E-state index is 12.4. The summed E-state index contributed by atoms with van der Waals surface area (Å²) in [5.74, 6) is 1.37. The molecular formula is C21H23N5O3. The molecule has 150 valence electrons. The zero-order chi connectivity index (χ0) is 19.6. The summed E-state index contributed by atoms with van der Waals surface area (Å²) in [6.07, 6.45) is 4.10. The highest BCUT2D eigenvalue weighted by atomic mass is 16.7. The number of carbonyl (C=O) groups excluding carboxylic acids is 1. The molecule has 3 aromatic rings. The van der Waals surface area contributed by atoms with Crippen molar-refractivity contribution in [2.24, 2.45) is 0 Å². The lowest BCUT2D eigenvalue weighted by molar-refractivity contribution is -0.117. The molecule has 2 aromatic heterocycles. The van der Waals surface area contributed by atoms with E-state index in [1.165, 1.54) is 0 Å². The van der Waals surface area contributed by atoms with E-state index in [9.17, 15) is 4.79 Å². The molecule has 4 heterocycles. The quantitative estimate of drug-likeness (QED) is 0.713. The van der Waals surface area contributed by atoms with Gasteiger partial charge in [0.2, 0.25) is 12.7 Å². The number of fused-ring (bicyclic) bond motifs is 2. The normalized spacial score (nSPS) is 17.0. The van der Waals surface area contributed by atoms with Crippen molar-refractivity contribution in [3.05, 3.63) is 54.5 Å². The Labute approximate surface area is 168 Å². The summed E-state index contributed by atoms with van der Waals surface area (Å²) in [6, 6.07) is 11.5. The molecule has 0 bridgehead atoms. The highest BCUT2D eigenvalue weighted by Crippen LogP contribution is 2.34. The number of pyridine rings is 1. The molecule has 1 N–H and O–H groups in total. The average Bonchev–Trinajstić information content (AvgIpc) is 3.35. The Morgan fingerprint density at radius 1 is 1.03 bits per heavy atom. The van der Waals surface area contributed by atoms with E-state index >= 15 is 0 Å². The molecule has 8 nitrogen and oxygen atoms in total. The SMILES string of the molecule is O=C(CN1CCN(Cc2cn3ccccc3n2)CC1)Nc1ccc2c(c1)OCO2. The van der Waals surface area contributed by atoms with Crippen LogP contribution < -0.4 is 14.8 Å². The van der Waals surface area contributed by atoms with Gasteiger partial charge in [0.1, 0.15) is 5.65 Å². The molecule has 1 fully saturated rings. The first-order valence-electron chi connectivity index (χ1n) is 9.80. The van der Waals surface area contributed by atoms with Crippen LogP contribution in [0.4, 0.5) is 5.69 Å². The Kier molecular flexibility index (Phi) is 4.79. The molecule has 8 heteroatoms. The summed E-state index contributed by atoms with van der Waals surface area (Å²) in [5, 5.41) is 2.94. The van der Waals surface area contributed by atoms with Gasteiger partial charge in [0.25, 0.3) is 0 Å². The minimum atomic E-state index is -0.0160. The Morgan fingerprint density at radius 3 is 2.72 bits per heavy atom. The Balaban J connectivity index is 1.10. The van der Waals surface area contributed by atoms with E-state index in [2.05, 4.69) is 26.3 Å². The number of nitrogens with one attached hydrogen (secondary N) is 1. The van der Waals surface area contributed by atoms with Crippen molar-refractivity contribution in [2.45, 2.75) is 6.54 Å². The van der Waals surface area contributed by atoms with Crippen LogP contribution in [-0.2, 0) is 11.3 Å². The van der Waals surface area contributed by atoms with Crippen LogP contribution >= 0.6 is 0 Å². The predicted molar refractivity (Wildman–Crippen MR) is 108 cm³/mol. The van der Waals surface area contributed by atoms with Gasteiger partial charge in [-0.05, 0) is 24.3 Å². The minimum Gasteiger partial charge on any atom is -0.454 e. The third kappa shape index (κ3) is 4.03. The van der Waals surface area contributed by atoms with Gasteiger partial charge in [-0.25, -0.2) is 4.98 Å². The van der Waals surface area contributed by atoms with Crippen molar-refractivity contribution >= 4 is 17.2 Å².